The van der Waals surface area contributed by atoms with Gasteiger partial charge in [0.15, 0.2) is 0 Å². The van der Waals surface area contributed by atoms with Crippen molar-refractivity contribution >= 4 is 11.6 Å². The van der Waals surface area contributed by atoms with Crippen LogP contribution in [0.4, 0.5) is 4.39 Å². The van der Waals surface area contributed by atoms with Crippen LogP contribution < -0.4 is 0 Å². The summed E-state index contributed by atoms with van der Waals surface area (Å²) in [5.41, 5.74) is 2.23. The second-order valence-corrected chi connectivity index (χ2v) is 8.50. The minimum absolute atomic E-state index is 0.103. The average molecular weight is 390 g/mol. The van der Waals surface area contributed by atoms with Gasteiger partial charge in [-0.3, -0.25) is 0 Å². The van der Waals surface area contributed by atoms with E-state index in [1.54, 1.807) is 6.07 Å². The zero-order chi connectivity index (χ0) is 19.4. The third-order valence-corrected chi connectivity index (χ3v) is 6.09. The van der Waals surface area contributed by atoms with Crippen molar-refractivity contribution in [1.29, 1.82) is 0 Å². The molecule has 0 radical (unpaired) electrons. The third-order valence-electron chi connectivity index (χ3n) is 5.72. The van der Waals surface area contributed by atoms with Crippen LogP contribution in [0.5, 0.6) is 0 Å². The molecule has 146 valence electrons. The fourth-order valence-electron chi connectivity index (χ4n) is 4.38. The highest BCUT2D eigenvalue weighted by atomic mass is 35.5. The summed E-state index contributed by atoms with van der Waals surface area (Å²) in [5.74, 6) is -0.337. The van der Waals surface area contributed by atoms with Crippen LogP contribution in [-0.2, 0) is 13.0 Å². The Labute approximate surface area is 167 Å². The van der Waals surface area contributed by atoms with E-state index in [1.807, 2.05) is 49.3 Å². The molecule has 0 heterocycles. The Balaban J connectivity index is 2.06. The van der Waals surface area contributed by atoms with Crippen LogP contribution in [0.1, 0.15) is 54.7 Å². The number of rotatable bonds is 6. The summed E-state index contributed by atoms with van der Waals surface area (Å²) in [6.07, 6.45) is 5.43. The molecule has 0 amide bonds. The summed E-state index contributed by atoms with van der Waals surface area (Å²) in [7, 11) is 3.96. The molecular formula is C23H29ClFNO. The first-order chi connectivity index (χ1) is 12.9. The van der Waals surface area contributed by atoms with Gasteiger partial charge >= 0.3 is 0 Å². The maximum Gasteiger partial charge on any atom is 0.123 e. The molecule has 1 fully saturated rings. The lowest BCUT2D eigenvalue weighted by Gasteiger charge is -2.41. The molecule has 1 saturated carbocycles. The molecule has 1 N–H and O–H groups in total. The zero-order valence-corrected chi connectivity index (χ0v) is 17.0. The van der Waals surface area contributed by atoms with Crippen molar-refractivity contribution in [2.24, 2.45) is 0 Å². The number of hydrogen-bond donors (Lipinski definition) is 1. The van der Waals surface area contributed by atoms with E-state index in [4.69, 9.17) is 11.6 Å². The van der Waals surface area contributed by atoms with Crippen molar-refractivity contribution in [2.75, 3.05) is 14.1 Å². The molecular weight excluding hydrogens is 361 g/mol. The standard InChI is InChI=1S/C23H29ClFNO/c1-26(2)16-18-14-19(25)10-11-20(18)21(23(27)12-6-3-7-13-23)15-17-8-4-5-9-22(17)24/h4-5,8-11,14,21,27H,3,6-7,12-13,15-16H2,1-2H3. The minimum atomic E-state index is -0.781. The van der Waals surface area contributed by atoms with Crippen molar-refractivity contribution < 1.29 is 9.50 Å². The van der Waals surface area contributed by atoms with E-state index < -0.39 is 5.60 Å². The quantitative estimate of drug-likeness (QED) is 0.698. The Kier molecular flexibility index (Phi) is 6.56. The van der Waals surface area contributed by atoms with E-state index in [0.717, 1.165) is 53.8 Å². The van der Waals surface area contributed by atoms with Crippen LogP contribution in [0.3, 0.4) is 0 Å². The van der Waals surface area contributed by atoms with Crippen molar-refractivity contribution in [3.8, 4) is 0 Å². The largest absolute Gasteiger partial charge is 0.389 e. The summed E-state index contributed by atoms with van der Waals surface area (Å²) in [6, 6.07) is 12.8. The normalized spacial score (nSPS) is 17.9. The van der Waals surface area contributed by atoms with E-state index in [1.165, 1.54) is 6.07 Å². The third kappa shape index (κ3) is 4.90. The topological polar surface area (TPSA) is 23.5 Å². The van der Waals surface area contributed by atoms with Crippen LogP contribution in [0.2, 0.25) is 5.02 Å². The smallest absolute Gasteiger partial charge is 0.123 e. The number of halogens is 2. The Morgan fingerprint density at radius 1 is 1.07 bits per heavy atom. The first kappa shape index (κ1) is 20.3. The molecule has 3 rings (SSSR count). The Morgan fingerprint density at radius 2 is 1.78 bits per heavy atom. The van der Waals surface area contributed by atoms with E-state index in [0.29, 0.717) is 13.0 Å². The van der Waals surface area contributed by atoms with Gasteiger partial charge in [0.2, 0.25) is 0 Å². The van der Waals surface area contributed by atoms with Gasteiger partial charge in [-0.05, 0) is 68.2 Å². The van der Waals surface area contributed by atoms with Gasteiger partial charge in [0, 0.05) is 17.5 Å². The van der Waals surface area contributed by atoms with Gasteiger partial charge in [-0.25, -0.2) is 4.39 Å². The number of benzene rings is 2. The van der Waals surface area contributed by atoms with Crippen LogP contribution in [0.15, 0.2) is 42.5 Å². The molecule has 0 saturated heterocycles. The number of aliphatic hydroxyl groups is 1. The second kappa shape index (κ2) is 8.72. The highest BCUT2D eigenvalue weighted by Crippen LogP contribution is 2.43. The lowest BCUT2D eigenvalue weighted by atomic mass is 9.69. The Morgan fingerprint density at radius 3 is 2.44 bits per heavy atom. The predicted molar refractivity (Wildman–Crippen MR) is 110 cm³/mol. The summed E-state index contributed by atoms with van der Waals surface area (Å²) in [4.78, 5) is 2.04. The van der Waals surface area contributed by atoms with Crippen LogP contribution in [0, 0.1) is 5.82 Å². The van der Waals surface area contributed by atoms with Crippen LogP contribution in [-0.4, -0.2) is 29.7 Å². The fourth-order valence-corrected chi connectivity index (χ4v) is 4.59. The highest BCUT2D eigenvalue weighted by Gasteiger charge is 2.39. The fraction of sp³-hybridized carbons (Fsp3) is 0.478. The van der Waals surface area contributed by atoms with Crippen molar-refractivity contribution in [3.63, 3.8) is 0 Å². The van der Waals surface area contributed by atoms with Gasteiger partial charge in [0.05, 0.1) is 5.60 Å². The van der Waals surface area contributed by atoms with Crippen molar-refractivity contribution in [3.05, 3.63) is 70.0 Å². The monoisotopic (exact) mass is 389 g/mol. The van der Waals surface area contributed by atoms with Crippen molar-refractivity contribution in [1.82, 2.24) is 4.90 Å². The lowest BCUT2D eigenvalue weighted by molar-refractivity contribution is -0.0222. The molecule has 27 heavy (non-hydrogen) atoms. The minimum Gasteiger partial charge on any atom is -0.389 e. The zero-order valence-electron chi connectivity index (χ0n) is 16.2. The summed E-state index contributed by atoms with van der Waals surface area (Å²) < 4.78 is 14.0. The summed E-state index contributed by atoms with van der Waals surface area (Å²) >= 11 is 6.44. The maximum absolute atomic E-state index is 14.0. The van der Waals surface area contributed by atoms with Gasteiger partial charge in [0.1, 0.15) is 5.82 Å². The first-order valence-electron chi connectivity index (χ1n) is 9.78. The molecule has 2 aromatic carbocycles. The molecule has 2 nitrogen and oxygen atoms in total. The van der Waals surface area contributed by atoms with E-state index in [-0.39, 0.29) is 11.7 Å². The molecule has 0 spiro atoms. The van der Waals surface area contributed by atoms with Gasteiger partial charge in [-0.15, -0.1) is 0 Å². The second-order valence-electron chi connectivity index (χ2n) is 8.09. The number of hydrogen-bond acceptors (Lipinski definition) is 2. The van der Waals surface area contributed by atoms with Crippen LogP contribution >= 0.6 is 11.6 Å². The average Bonchev–Trinajstić information content (AvgIpc) is 2.62. The Hall–Kier alpha value is -1.42. The SMILES string of the molecule is CN(C)Cc1cc(F)ccc1C(Cc1ccccc1Cl)C1(O)CCCCC1. The number of nitrogens with zero attached hydrogens (tertiary/aromatic N) is 1. The molecule has 0 bridgehead atoms. The van der Waals surface area contributed by atoms with E-state index in [2.05, 4.69) is 0 Å². The van der Waals surface area contributed by atoms with Crippen LogP contribution in [0.25, 0.3) is 0 Å². The Bertz CT molecular complexity index is 771. The highest BCUT2D eigenvalue weighted by molar-refractivity contribution is 6.31. The molecule has 1 unspecified atom stereocenters. The molecule has 1 aliphatic carbocycles. The molecule has 1 aliphatic rings. The predicted octanol–water partition coefficient (Wildman–Crippen LogP) is 5.56. The molecule has 0 aliphatic heterocycles. The molecule has 0 aromatic heterocycles. The van der Waals surface area contributed by atoms with Gasteiger partial charge in [0.25, 0.3) is 0 Å². The first-order valence-corrected chi connectivity index (χ1v) is 10.2. The lowest BCUT2D eigenvalue weighted by Crippen LogP contribution is -2.40. The summed E-state index contributed by atoms with van der Waals surface area (Å²) in [6.45, 7) is 0.641. The van der Waals surface area contributed by atoms with E-state index >= 15 is 0 Å². The molecule has 1 atom stereocenters. The van der Waals surface area contributed by atoms with Gasteiger partial charge in [-0.1, -0.05) is 55.1 Å². The van der Waals surface area contributed by atoms with Gasteiger partial charge in [-0.2, -0.15) is 0 Å². The molecule has 2 aromatic rings. The maximum atomic E-state index is 14.0. The van der Waals surface area contributed by atoms with E-state index in [9.17, 15) is 9.50 Å². The van der Waals surface area contributed by atoms with Crippen molar-refractivity contribution in [2.45, 2.75) is 56.6 Å². The van der Waals surface area contributed by atoms with Gasteiger partial charge < -0.3 is 10.0 Å². The molecule has 4 heteroatoms. The summed E-state index contributed by atoms with van der Waals surface area (Å²) in [5, 5.41) is 12.3.